The predicted molar refractivity (Wildman–Crippen MR) is 192 cm³/mol. The van der Waals surface area contributed by atoms with E-state index in [4.69, 9.17) is 17.2 Å². The lowest BCUT2D eigenvalue weighted by molar-refractivity contribution is -0.148. The van der Waals surface area contributed by atoms with Crippen molar-refractivity contribution in [2.45, 2.75) is 107 Å². The van der Waals surface area contributed by atoms with Crippen LogP contribution in [-0.4, -0.2) is 95.1 Å². The molecule has 0 aliphatic carbocycles. The number of rotatable bonds is 20. The van der Waals surface area contributed by atoms with Gasteiger partial charge in [-0.05, 0) is 69.0 Å². The predicted octanol–water partition coefficient (Wildman–Crippen LogP) is 1.91. The highest BCUT2D eigenvalue weighted by Gasteiger charge is 2.40. The number of benzene rings is 2. The maximum atomic E-state index is 13.9. The summed E-state index contributed by atoms with van der Waals surface area (Å²) in [6.45, 7) is 0.403. The molecular weight excluding hydrogens is 695 g/mol. The topological polar surface area (TPSA) is 223 Å². The van der Waals surface area contributed by atoms with Crippen LogP contribution in [0.5, 0.6) is 0 Å². The van der Waals surface area contributed by atoms with Crippen LogP contribution in [0.2, 0.25) is 0 Å². The normalized spacial score (nSPS) is 16.5. The molecule has 0 spiro atoms. The summed E-state index contributed by atoms with van der Waals surface area (Å²) in [5.74, 6) is -3.83. The first-order valence-electron chi connectivity index (χ1n) is 17.9. The van der Waals surface area contributed by atoms with Gasteiger partial charge >= 0.3 is 12.1 Å². The second kappa shape index (κ2) is 20.6. The molecule has 0 aromatic heterocycles. The second-order valence-electron chi connectivity index (χ2n) is 13.6. The van der Waals surface area contributed by atoms with Crippen molar-refractivity contribution in [1.29, 1.82) is 0 Å². The number of nitrogens with zero attached hydrogens (tertiary/aromatic N) is 1. The lowest BCUT2D eigenvalue weighted by Gasteiger charge is -2.38. The van der Waals surface area contributed by atoms with E-state index in [0.29, 0.717) is 24.9 Å². The molecule has 3 rings (SSSR count). The third-order valence-corrected chi connectivity index (χ3v) is 9.34. The van der Waals surface area contributed by atoms with E-state index < -0.39 is 71.9 Å². The number of hydrogen-bond donors (Lipinski definition) is 7. The Morgan fingerprint density at radius 1 is 0.736 bits per heavy atom. The summed E-state index contributed by atoms with van der Waals surface area (Å²) in [5.41, 5.74) is 17.8. The lowest BCUT2D eigenvalue weighted by Crippen LogP contribution is -2.60. The van der Waals surface area contributed by atoms with Crippen molar-refractivity contribution < 1.29 is 42.3 Å². The Hall–Kier alpha value is -4.54. The molecule has 292 valence electrons. The third-order valence-electron chi connectivity index (χ3n) is 9.34. The number of aliphatic carboxylic acids is 1. The van der Waals surface area contributed by atoms with Gasteiger partial charge in [-0.3, -0.25) is 24.0 Å². The first kappa shape index (κ1) is 42.9. The van der Waals surface area contributed by atoms with Crippen molar-refractivity contribution in [2.75, 3.05) is 19.6 Å². The molecule has 4 unspecified atom stereocenters. The number of amides is 4. The van der Waals surface area contributed by atoms with Gasteiger partial charge in [-0.1, -0.05) is 67.1 Å². The minimum Gasteiger partial charge on any atom is -0.480 e. The molecule has 0 bridgehead atoms. The molecule has 0 saturated carbocycles. The van der Waals surface area contributed by atoms with E-state index in [1.165, 1.54) is 4.90 Å². The van der Waals surface area contributed by atoms with Crippen LogP contribution in [0, 0.1) is 0 Å². The quantitative estimate of drug-likeness (QED) is 0.0982. The monoisotopic (exact) mass is 747 g/mol. The Balaban J connectivity index is 1.82. The van der Waals surface area contributed by atoms with Crippen molar-refractivity contribution in [3.63, 3.8) is 0 Å². The maximum Gasteiger partial charge on any atom is 0.389 e. The van der Waals surface area contributed by atoms with Gasteiger partial charge < -0.3 is 43.2 Å². The van der Waals surface area contributed by atoms with Crippen LogP contribution in [0.4, 0.5) is 13.2 Å². The van der Waals surface area contributed by atoms with Gasteiger partial charge in [0.2, 0.25) is 23.6 Å². The van der Waals surface area contributed by atoms with Crippen LogP contribution < -0.4 is 33.2 Å². The number of alkyl halides is 3. The van der Waals surface area contributed by atoms with Crippen molar-refractivity contribution in [3.05, 3.63) is 71.8 Å². The van der Waals surface area contributed by atoms with Gasteiger partial charge in [0.15, 0.2) is 0 Å². The molecule has 1 aliphatic rings. The van der Waals surface area contributed by atoms with Gasteiger partial charge in [-0.25, -0.2) is 0 Å². The number of carboxylic acid groups (broad SMARTS) is 1. The molecule has 16 heteroatoms. The zero-order valence-corrected chi connectivity index (χ0v) is 29.8. The van der Waals surface area contributed by atoms with E-state index >= 15 is 0 Å². The number of likely N-dealkylation sites (tertiary alicyclic amines) is 1. The molecule has 2 aromatic rings. The molecule has 53 heavy (non-hydrogen) atoms. The fourth-order valence-corrected chi connectivity index (χ4v) is 6.10. The first-order chi connectivity index (χ1) is 25.1. The summed E-state index contributed by atoms with van der Waals surface area (Å²) in [5, 5.41) is 17.5. The zero-order chi connectivity index (χ0) is 39.0. The number of carboxylic acids is 1. The summed E-state index contributed by atoms with van der Waals surface area (Å²) >= 11 is 0. The summed E-state index contributed by atoms with van der Waals surface area (Å²) in [7, 11) is 0. The Morgan fingerprint density at radius 3 is 1.77 bits per heavy atom. The number of piperidine rings is 1. The molecule has 4 atom stereocenters. The average molecular weight is 748 g/mol. The van der Waals surface area contributed by atoms with E-state index in [2.05, 4.69) is 16.0 Å². The number of halogens is 3. The molecule has 4 amide bonds. The van der Waals surface area contributed by atoms with Gasteiger partial charge in [0.25, 0.3) is 0 Å². The third kappa shape index (κ3) is 14.4. The molecule has 1 aliphatic heterocycles. The van der Waals surface area contributed by atoms with Crippen LogP contribution in [0.3, 0.4) is 0 Å². The Bertz CT molecular complexity index is 1490. The van der Waals surface area contributed by atoms with Gasteiger partial charge in [-0.15, -0.1) is 0 Å². The molecule has 1 heterocycles. The van der Waals surface area contributed by atoms with Crippen LogP contribution in [0.1, 0.15) is 68.9 Å². The largest absolute Gasteiger partial charge is 0.480 e. The van der Waals surface area contributed by atoms with Crippen molar-refractivity contribution in [1.82, 2.24) is 20.9 Å². The highest BCUT2D eigenvalue weighted by atomic mass is 19.4. The van der Waals surface area contributed by atoms with Gasteiger partial charge in [0, 0.05) is 25.9 Å². The number of nitrogens with two attached hydrogens (primary N) is 3. The molecule has 2 aromatic carbocycles. The maximum absolute atomic E-state index is 13.9. The summed E-state index contributed by atoms with van der Waals surface area (Å²) in [6, 6.07) is 13.2. The zero-order valence-electron chi connectivity index (χ0n) is 29.8. The SMILES string of the molecule is NCCCCC(NC(=O)C(CCCCC(F)(F)F)NC(=O)C(Cc1ccccc1)NC(=O)C(N)Cc1ccccc1)C(=O)N1CCC(N)(C(=O)O)CC1. The van der Waals surface area contributed by atoms with E-state index in [-0.39, 0.29) is 64.5 Å². The highest BCUT2D eigenvalue weighted by Crippen LogP contribution is 2.24. The van der Waals surface area contributed by atoms with Gasteiger partial charge in [0.1, 0.15) is 23.7 Å². The van der Waals surface area contributed by atoms with E-state index in [9.17, 15) is 42.3 Å². The lowest BCUT2D eigenvalue weighted by atomic mass is 9.88. The molecular formula is C37H52F3N7O6. The Labute approximate surface area is 307 Å². The number of nitrogens with one attached hydrogen (secondary N) is 3. The standard InChI is InChI=1S/C37H52F3N7O6/c38-37(39,40)17-9-7-15-28(32(49)45-29(16-8-10-20-41)34(51)47-21-18-36(43,19-22-47)35(52)53)44-33(50)30(24-26-13-5-2-6-14-26)46-31(48)27(42)23-25-11-3-1-4-12-25/h1-6,11-14,27-30H,7-10,15-24,41-43H2,(H,44,50)(H,45,49)(H,46,48)(H,52,53). The number of hydrogen-bond acceptors (Lipinski definition) is 8. The van der Waals surface area contributed by atoms with Gasteiger partial charge in [-0.2, -0.15) is 13.2 Å². The van der Waals surface area contributed by atoms with Crippen LogP contribution in [0.25, 0.3) is 0 Å². The molecule has 10 N–H and O–H groups in total. The smallest absolute Gasteiger partial charge is 0.389 e. The fraction of sp³-hybridized carbons (Fsp3) is 0.541. The Morgan fingerprint density at radius 2 is 1.23 bits per heavy atom. The molecule has 0 radical (unpaired) electrons. The van der Waals surface area contributed by atoms with Crippen molar-refractivity contribution in [2.24, 2.45) is 17.2 Å². The van der Waals surface area contributed by atoms with Crippen LogP contribution in [0.15, 0.2) is 60.7 Å². The summed E-state index contributed by atoms with van der Waals surface area (Å²) in [4.78, 5) is 67.7. The molecule has 1 fully saturated rings. The average Bonchev–Trinajstić information content (AvgIpc) is 3.12. The van der Waals surface area contributed by atoms with Crippen LogP contribution in [-0.2, 0) is 36.8 Å². The number of carbonyl (C=O) groups is 5. The Kier molecular flexibility index (Phi) is 16.7. The van der Waals surface area contributed by atoms with E-state index in [1.54, 1.807) is 42.5 Å². The molecule has 13 nitrogen and oxygen atoms in total. The molecule has 1 saturated heterocycles. The summed E-state index contributed by atoms with van der Waals surface area (Å²) < 4.78 is 38.9. The van der Waals surface area contributed by atoms with Gasteiger partial charge in [0.05, 0.1) is 6.04 Å². The number of unbranched alkanes of at least 4 members (excludes halogenated alkanes) is 2. The van der Waals surface area contributed by atoms with E-state index in [1.807, 2.05) is 18.2 Å². The second-order valence-corrected chi connectivity index (χ2v) is 13.6. The minimum absolute atomic E-state index is 0.00104. The summed E-state index contributed by atoms with van der Waals surface area (Å²) in [6.07, 6.45) is -4.71. The van der Waals surface area contributed by atoms with Crippen LogP contribution >= 0.6 is 0 Å². The minimum atomic E-state index is -4.42. The first-order valence-corrected chi connectivity index (χ1v) is 17.9. The fourth-order valence-electron chi connectivity index (χ4n) is 6.10. The number of carbonyl (C=O) groups excluding carboxylic acids is 4. The van der Waals surface area contributed by atoms with Crippen molar-refractivity contribution in [3.8, 4) is 0 Å². The van der Waals surface area contributed by atoms with E-state index in [0.717, 1.165) is 5.56 Å². The van der Waals surface area contributed by atoms with Crippen molar-refractivity contribution >= 4 is 29.6 Å². The highest BCUT2D eigenvalue weighted by molar-refractivity contribution is 5.95.